The Balaban J connectivity index is 1.64. The SMILES string of the molecule is Cc1nc2cc(NC(=O)c3cc4ccc(Br)cc4o3)ccc2s1. The minimum Gasteiger partial charge on any atom is -0.451 e. The molecule has 0 atom stereocenters. The number of hydrogen-bond donors (Lipinski definition) is 1. The summed E-state index contributed by atoms with van der Waals surface area (Å²) in [5.74, 6) is 0.0104. The van der Waals surface area contributed by atoms with Crippen LogP contribution in [0.3, 0.4) is 0 Å². The van der Waals surface area contributed by atoms with E-state index in [1.54, 1.807) is 17.4 Å². The smallest absolute Gasteiger partial charge is 0.291 e. The molecular formula is C17H11BrN2O2S. The van der Waals surface area contributed by atoms with Gasteiger partial charge >= 0.3 is 0 Å². The van der Waals surface area contributed by atoms with Gasteiger partial charge in [-0.25, -0.2) is 4.98 Å². The van der Waals surface area contributed by atoms with Crippen molar-refractivity contribution < 1.29 is 9.21 Å². The highest BCUT2D eigenvalue weighted by molar-refractivity contribution is 9.10. The standard InChI is InChI=1S/C17H11BrN2O2S/c1-9-19-13-8-12(4-5-16(13)23-9)20-17(21)15-6-10-2-3-11(18)7-14(10)22-15/h2-8H,1H3,(H,20,21). The van der Waals surface area contributed by atoms with Crippen LogP contribution in [0.2, 0.25) is 0 Å². The van der Waals surface area contributed by atoms with Crippen LogP contribution in [-0.4, -0.2) is 10.9 Å². The Morgan fingerprint density at radius 2 is 2.09 bits per heavy atom. The molecular weight excluding hydrogens is 376 g/mol. The molecule has 114 valence electrons. The highest BCUT2D eigenvalue weighted by atomic mass is 79.9. The minimum atomic E-state index is -0.274. The van der Waals surface area contributed by atoms with Crippen LogP contribution in [0.15, 0.2) is 51.4 Å². The number of carbonyl (C=O) groups excluding carboxylic acids is 1. The van der Waals surface area contributed by atoms with E-state index in [-0.39, 0.29) is 11.7 Å². The summed E-state index contributed by atoms with van der Waals surface area (Å²) in [5.41, 5.74) is 2.27. The summed E-state index contributed by atoms with van der Waals surface area (Å²) in [6.07, 6.45) is 0. The molecule has 0 bridgehead atoms. The van der Waals surface area contributed by atoms with Gasteiger partial charge in [-0.3, -0.25) is 4.79 Å². The normalized spacial score (nSPS) is 11.2. The Morgan fingerprint density at radius 3 is 2.96 bits per heavy atom. The predicted molar refractivity (Wildman–Crippen MR) is 96.2 cm³/mol. The van der Waals surface area contributed by atoms with Gasteiger partial charge in [-0.15, -0.1) is 11.3 Å². The summed E-state index contributed by atoms with van der Waals surface area (Å²) < 4.78 is 7.64. The van der Waals surface area contributed by atoms with Crippen LogP contribution < -0.4 is 5.32 Å². The molecule has 0 unspecified atom stereocenters. The molecule has 0 aliphatic rings. The monoisotopic (exact) mass is 386 g/mol. The van der Waals surface area contributed by atoms with Crippen LogP contribution in [0.4, 0.5) is 5.69 Å². The van der Waals surface area contributed by atoms with E-state index in [0.717, 1.165) is 25.1 Å². The second kappa shape index (κ2) is 5.47. The van der Waals surface area contributed by atoms with Gasteiger partial charge in [0.05, 0.1) is 15.2 Å². The fourth-order valence-electron chi connectivity index (χ4n) is 2.43. The molecule has 0 aliphatic heterocycles. The van der Waals surface area contributed by atoms with Gasteiger partial charge in [-0.1, -0.05) is 15.9 Å². The first-order chi connectivity index (χ1) is 11.1. The number of aryl methyl sites for hydroxylation is 1. The lowest BCUT2D eigenvalue weighted by atomic mass is 10.2. The Hall–Kier alpha value is -2.18. The third-order valence-electron chi connectivity index (χ3n) is 3.46. The quantitative estimate of drug-likeness (QED) is 0.503. The molecule has 2 aromatic heterocycles. The van der Waals surface area contributed by atoms with Crippen LogP contribution in [0.25, 0.3) is 21.2 Å². The lowest BCUT2D eigenvalue weighted by molar-refractivity contribution is 0.0998. The molecule has 0 spiro atoms. The number of carbonyl (C=O) groups is 1. The number of benzene rings is 2. The first-order valence-electron chi connectivity index (χ1n) is 6.96. The van der Waals surface area contributed by atoms with Crippen LogP contribution in [0.1, 0.15) is 15.6 Å². The van der Waals surface area contributed by atoms with Crippen molar-refractivity contribution in [3.63, 3.8) is 0 Å². The maximum Gasteiger partial charge on any atom is 0.291 e. The molecule has 1 amide bonds. The van der Waals surface area contributed by atoms with Crippen molar-refractivity contribution in [1.29, 1.82) is 0 Å². The Kier molecular flexibility index (Phi) is 3.43. The molecule has 0 aliphatic carbocycles. The molecule has 2 heterocycles. The highest BCUT2D eigenvalue weighted by Gasteiger charge is 2.13. The van der Waals surface area contributed by atoms with Gasteiger partial charge in [0.25, 0.3) is 5.91 Å². The van der Waals surface area contributed by atoms with Gasteiger partial charge < -0.3 is 9.73 Å². The number of nitrogens with one attached hydrogen (secondary N) is 1. The summed E-state index contributed by atoms with van der Waals surface area (Å²) in [7, 11) is 0. The summed E-state index contributed by atoms with van der Waals surface area (Å²) in [5, 5.41) is 4.75. The van der Waals surface area contributed by atoms with E-state index in [1.807, 2.05) is 43.3 Å². The zero-order valence-electron chi connectivity index (χ0n) is 12.1. The number of anilines is 1. The van der Waals surface area contributed by atoms with Gasteiger partial charge in [0.15, 0.2) is 5.76 Å². The fourth-order valence-corrected chi connectivity index (χ4v) is 3.58. The van der Waals surface area contributed by atoms with Crippen molar-refractivity contribution in [3.05, 3.63) is 57.7 Å². The number of furan rings is 1. The van der Waals surface area contributed by atoms with E-state index in [1.165, 1.54) is 0 Å². The van der Waals surface area contributed by atoms with E-state index >= 15 is 0 Å². The van der Waals surface area contributed by atoms with Crippen molar-refractivity contribution in [2.24, 2.45) is 0 Å². The van der Waals surface area contributed by atoms with Crippen molar-refractivity contribution >= 4 is 60.0 Å². The Morgan fingerprint density at radius 1 is 1.22 bits per heavy atom. The fraction of sp³-hybridized carbons (Fsp3) is 0.0588. The van der Waals surface area contributed by atoms with Gasteiger partial charge in [-0.2, -0.15) is 0 Å². The highest BCUT2D eigenvalue weighted by Crippen LogP contribution is 2.26. The predicted octanol–water partition coefficient (Wildman–Crippen LogP) is 5.37. The number of aromatic nitrogens is 1. The molecule has 23 heavy (non-hydrogen) atoms. The maximum absolute atomic E-state index is 12.4. The van der Waals surface area contributed by atoms with Gasteiger partial charge in [-0.05, 0) is 49.4 Å². The van der Waals surface area contributed by atoms with Crippen molar-refractivity contribution in [2.75, 3.05) is 5.32 Å². The van der Waals surface area contributed by atoms with Gasteiger partial charge in [0.2, 0.25) is 0 Å². The average molecular weight is 387 g/mol. The Bertz CT molecular complexity index is 1050. The number of hydrogen-bond acceptors (Lipinski definition) is 4. The van der Waals surface area contributed by atoms with E-state index in [0.29, 0.717) is 11.3 Å². The molecule has 1 N–H and O–H groups in total. The van der Waals surface area contributed by atoms with Crippen molar-refractivity contribution in [3.8, 4) is 0 Å². The number of amides is 1. The van der Waals surface area contributed by atoms with Gasteiger partial charge in [0, 0.05) is 15.5 Å². The molecule has 2 aromatic carbocycles. The number of halogens is 1. The topological polar surface area (TPSA) is 55.1 Å². The van der Waals surface area contributed by atoms with E-state index in [2.05, 4.69) is 26.2 Å². The Labute approximate surface area is 144 Å². The molecule has 4 aromatic rings. The lowest BCUT2D eigenvalue weighted by Gasteiger charge is -2.02. The first-order valence-corrected chi connectivity index (χ1v) is 8.57. The van der Waals surface area contributed by atoms with Crippen LogP contribution >= 0.6 is 27.3 Å². The van der Waals surface area contributed by atoms with Gasteiger partial charge in [0.1, 0.15) is 5.58 Å². The zero-order chi connectivity index (χ0) is 16.0. The molecule has 4 rings (SSSR count). The molecule has 0 saturated heterocycles. The van der Waals surface area contributed by atoms with Crippen molar-refractivity contribution in [1.82, 2.24) is 4.98 Å². The van der Waals surface area contributed by atoms with Crippen molar-refractivity contribution in [2.45, 2.75) is 6.92 Å². The van der Waals surface area contributed by atoms with E-state index in [4.69, 9.17) is 4.42 Å². The second-order valence-electron chi connectivity index (χ2n) is 5.16. The number of fused-ring (bicyclic) bond motifs is 2. The summed E-state index contributed by atoms with van der Waals surface area (Å²) >= 11 is 5.02. The first kappa shape index (κ1) is 14.4. The second-order valence-corrected chi connectivity index (χ2v) is 7.31. The molecule has 4 nitrogen and oxygen atoms in total. The average Bonchev–Trinajstić information content (AvgIpc) is 3.08. The summed E-state index contributed by atoms with van der Waals surface area (Å²) in [4.78, 5) is 16.8. The van der Waals surface area contributed by atoms with E-state index in [9.17, 15) is 4.79 Å². The summed E-state index contributed by atoms with van der Waals surface area (Å²) in [6, 6.07) is 13.1. The molecule has 0 fully saturated rings. The van der Waals surface area contributed by atoms with E-state index < -0.39 is 0 Å². The summed E-state index contributed by atoms with van der Waals surface area (Å²) in [6.45, 7) is 1.97. The number of thiazole rings is 1. The lowest BCUT2D eigenvalue weighted by Crippen LogP contribution is -2.10. The molecule has 6 heteroatoms. The maximum atomic E-state index is 12.4. The zero-order valence-corrected chi connectivity index (χ0v) is 14.5. The van der Waals surface area contributed by atoms with Crippen LogP contribution in [0.5, 0.6) is 0 Å². The number of rotatable bonds is 2. The largest absolute Gasteiger partial charge is 0.451 e. The van der Waals surface area contributed by atoms with Crippen LogP contribution in [0, 0.1) is 6.92 Å². The molecule has 0 saturated carbocycles. The van der Waals surface area contributed by atoms with Crippen LogP contribution in [-0.2, 0) is 0 Å². The third kappa shape index (κ3) is 2.75. The third-order valence-corrected chi connectivity index (χ3v) is 4.90. The minimum absolute atomic E-state index is 0.274. The number of nitrogens with zero attached hydrogens (tertiary/aromatic N) is 1. The molecule has 0 radical (unpaired) electrons.